The van der Waals surface area contributed by atoms with Crippen molar-refractivity contribution in [2.75, 3.05) is 7.11 Å². The second-order valence-electron chi connectivity index (χ2n) is 6.43. The molecule has 1 saturated carbocycles. The van der Waals surface area contributed by atoms with E-state index in [9.17, 15) is 14.4 Å². The number of methoxy groups -OCH3 is 1. The molecule has 3 amide bonds. The Kier molecular flexibility index (Phi) is 4.59. The summed E-state index contributed by atoms with van der Waals surface area (Å²) in [6, 6.07) is 2.66. The monoisotopic (exact) mass is 334 g/mol. The number of imide groups is 1. The number of carbonyl (C=O) groups is 3. The van der Waals surface area contributed by atoms with E-state index in [-0.39, 0.29) is 18.2 Å². The normalized spacial score (nSPS) is 20.6. The number of hydrogen-bond acceptors (Lipinski definition) is 5. The maximum atomic E-state index is 12.9. The van der Waals surface area contributed by atoms with Gasteiger partial charge in [0.1, 0.15) is 11.3 Å². The quantitative estimate of drug-likeness (QED) is 0.678. The van der Waals surface area contributed by atoms with Crippen LogP contribution in [0, 0.1) is 0 Å². The molecule has 24 heavy (non-hydrogen) atoms. The molecule has 2 heterocycles. The summed E-state index contributed by atoms with van der Waals surface area (Å²) in [6.45, 7) is 0.0173. The van der Waals surface area contributed by atoms with Gasteiger partial charge in [0.05, 0.1) is 13.7 Å². The van der Waals surface area contributed by atoms with Crippen molar-refractivity contribution in [3.8, 4) is 0 Å². The molecule has 2 aliphatic rings. The van der Waals surface area contributed by atoms with Crippen molar-refractivity contribution in [3.63, 3.8) is 0 Å². The van der Waals surface area contributed by atoms with Gasteiger partial charge in [-0.2, -0.15) is 0 Å². The van der Waals surface area contributed by atoms with Crippen molar-refractivity contribution in [1.29, 1.82) is 0 Å². The Morgan fingerprint density at radius 2 is 1.88 bits per heavy atom. The van der Waals surface area contributed by atoms with Gasteiger partial charge in [0, 0.05) is 0 Å². The Morgan fingerprint density at radius 1 is 1.21 bits per heavy atom. The summed E-state index contributed by atoms with van der Waals surface area (Å²) >= 11 is 0. The average Bonchev–Trinajstić information content (AvgIpc) is 3.10. The molecule has 3 rings (SSSR count). The summed E-state index contributed by atoms with van der Waals surface area (Å²) in [4.78, 5) is 37.8. The number of ether oxygens (including phenoxy) is 1. The summed E-state index contributed by atoms with van der Waals surface area (Å²) in [5, 5.41) is 2.90. The van der Waals surface area contributed by atoms with Gasteiger partial charge >= 0.3 is 12.0 Å². The van der Waals surface area contributed by atoms with Crippen LogP contribution in [-0.4, -0.2) is 35.5 Å². The van der Waals surface area contributed by atoms with Crippen LogP contribution in [0.25, 0.3) is 0 Å². The third-order valence-corrected chi connectivity index (χ3v) is 4.82. The van der Waals surface area contributed by atoms with Crippen molar-refractivity contribution in [3.05, 3.63) is 23.7 Å². The number of urea groups is 1. The maximum absolute atomic E-state index is 12.9. The van der Waals surface area contributed by atoms with E-state index < -0.39 is 17.5 Å². The van der Waals surface area contributed by atoms with Crippen molar-refractivity contribution >= 4 is 17.9 Å². The molecule has 130 valence electrons. The molecule has 1 saturated heterocycles. The first kappa shape index (κ1) is 16.5. The van der Waals surface area contributed by atoms with Crippen LogP contribution in [0.15, 0.2) is 16.5 Å². The van der Waals surface area contributed by atoms with Gasteiger partial charge in [-0.1, -0.05) is 32.1 Å². The molecule has 1 aliphatic heterocycles. The zero-order valence-corrected chi connectivity index (χ0v) is 13.8. The molecule has 0 radical (unpaired) electrons. The molecule has 0 atom stereocenters. The van der Waals surface area contributed by atoms with Crippen LogP contribution in [0.4, 0.5) is 4.79 Å². The van der Waals surface area contributed by atoms with Crippen LogP contribution in [0.3, 0.4) is 0 Å². The van der Waals surface area contributed by atoms with Crippen molar-refractivity contribution in [2.45, 2.75) is 57.0 Å². The fourth-order valence-electron chi connectivity index (χ4n) is 3.50. The standard InChI is InChI=1S/C17H22N2O5/c1-23-14(20)13-8-7-12(24-13)11-19-15(21)17(18-16(19)22)9-5-3-2-4-6-10-17/h7-8H,2-6,9-11H2,1H3,(H,18,22). The van der Waals surface area contributed by atoms with Gasteiger partial charge < -0.3 is 14.5 Å². The first-order chi connectivity index (χ1) is 11.6. The second-order valence-corrected chi connectivity index (χ2v) is 6.43. The Morgan fingerprint density at radius 3 is 2.54 bits per heavy atom. The van der Waals surface area contributed by atoms with Crippen LogP contribution in [-0.2, 0) is 16.1 Å². The third-order valence-electron chi connectivity index (χ3n) is 4.82. The topological polar surface area (TPSA) is 88.9 Å². The zero-order valence-electron chi connectivity index (χ0n) is 13.8. The predicted octanol–water partition coefficient (Wildman–Crippen LogP) is 2.60. The number of nitrogens with zero attached hydrogens (tertiary/aromatic N) is 1. The van der Waals surface area contributed by atoms with Gasteiger partial charge in [-0.05, 0) is 25.0 Å². The van der Waals surface area contributed by atoms with Crippen molar-refractivity contribution < 1.29 is 23.5 Å². The van der Waals surface area contributed by atoms with Gasteiger partial charge in [0.25, 0.3) is 5.91 Å². The average molecular weight is 334 g/mol. The number of nitrogens with one attached hydrogen (secondary N) is 1. The maximum Gasteiger partial charge on any atom is 0.373 e. The molecule has 2 fully saturated rings. The minimum Gasteiger partial charge on any atom is -0.463 e. The van der Waals surface area contributed by atoms with Gasteiger partial charge in [-0.25, -0.2) is 9.59 Å². The molecule has 1 aliphatic carbocycles. The number of furan rings is 1. The Labute approximate surface area is 140 Å². The minimum absolute atomic E-state index is 0.0173. The lowest BCUT2D eigenvalue weighted by molar-refractivity contribution is -0.132. The van der Waals surface area contributed by atoms with E-state index in [1.165, 1.54) is 24.5 Å². The van der Waals surface area contributed by atoms with Crippen LogP contribution in [0.2, 0.25) is 0 Å². The third kappa shape index (κ3) is 3.02. The van der Waals surface area contributed by atoms with Crippen molar-refractivity contribution in [1.82, 2.24) is 10.2 Å². The largest absolute Gasteiger partial charge is 0.463 e. The summed E-state index contributed by atoms with van der Waals surface area (Å²) in [7, 11) is 1.26. The molecule has 1 aromatic rings. The van der Waals surface area contributed by atoms with E-state index in [0.29, 0.717) is 18.6 Å². The van der Waals surface area contributed by atoms with Crippen LogP contribution in [0.5, 0.6) is 0 Å². The highest BCUT2D eigenvalue weighted by atomic mass is 16.5. The lowest BCUT2D eigenvalue weighted by atomic mass is 9.84. The van der Waals surface area contributed by atoms with E-state index in [0.717, 1.165) is 25.7 Å². The van der Waals surface area contributed by atoms with E-state index >= 15 is 0 Å². The Hall–Kier alpha value is -2.31. The summed E-state index contributed by atoms with van der Waals surface area (Å²) in [6.07, 6.45) is 6.60. The first-order valence-electron chi connectivity index (χ1n) is 8.37. The van der Waals surface area contributed by atoms with Gasteiger partial charge in [0.15, 0.2) is 0 Å². The Balaban J connectivity index is 1.74. The van der Waals surface area contributed by atoms with E-state index in [4.69, 9.17) is 4.42 Å². The number of hydrogen-bond donors (Lipinski definition) is 1. The predicted molar refractivity (Wildman–Crippen MR) is 84.2 cm³/mol. The fraction of sp³-hybridized carbons (Fsp3) is 0.588. The number of carbonyl (C=O) groups excluding carboxylic acids is 3. The highest BCUT2D eigenvalue weighted by Gasteiger charge is 2.50. The molecule has 7 nitrogen and oxygen atoms in total. The molecule has 1 spiro atoms. The molecule has 1 N–H and O–H groups in total. The number of amides is 3. The summed E-state index contributed by atoms with van der Waals surface area (Å²) in [5.41, 5.74) is -0.769. The Bertz CT molecular complexity index is 643. The second kappa shape index (κ2) is 6.67. The van der Waals surface area contributed by atoms with Gasteiger partial charge in [-0.15, -0.1) is 0 Å². The highest BCUT2D eigenvalue weighted by molar-refractivity contribution is 6.06. The summed E-state index contributed by atoms with van der Waals surface area (Å²) in [5.74, 6) is -0.345. The molecule has 7 heteroatoms. The molecule has 0 aromatic carbocycles. The van der Waals surface area contributed by atoms with Crippen LogP contribution in [0.1, 0.15) is 61.3 Å². The minimum atomic E-state index is -0.769. The molecule has 1 aromatic heterocycles. The van der Waals surface area contributed by atoms with E-state index in [2.05, 4.69) is 10.1 Å². The van der Waals surface area contributed by atoms with Crippen LogP contribution < -0.4 is 5.32 Å². The van der Waals surface area contributed by atoms with Crippen molar-refractivity contribution in [2.24, 2.45) is 0 Å². The first-order valence-corrected chi connectivity index (χ1v) is 8.37. The lowest BCUT2D eigenvalue weighted by Crippen LogP contribution is -2.47. The van der Waals surface area contributed by atoms with Gasteiger partial charge in [-0.3, -0.25) is 9.69 Å². The molecular weight excluding hydrogens is 312 g/mol. The number of rotatable bonds is 3. The smallest absolute Gasteiger partial charge is 0.373 e. The number of esters is 1. The molecule has 0 unspecified atom stereocenters. The molecular formula is C17H22N2O5. The van der Waals surface area contributed by atoms with Gasteiger partial charge in [0.2, 0.25) is 5.76 Å². The lowest BCUT2D eigenvalue weighted by Gasteiger charge is -2.28. The van der Waals surface area contributed by atoms with E-state index in [1.54, 1.807) is 6.07 Å². The van der Waals surface area contributed by atoms with Crippen LogP contribution >= 0.6 is 0 Å². The fourth-order valence-corrected chi connectivity index (χ4v) is 3.50. The molecule has 0 bridgehead atoms. The zero-order chi connectivity index (χ0) is 17.2. The summed E-state index contributed by atoms with van der Waals surface area (Å²) < 4.78 is 9.95. The highest BCUT2D eigenvalue weighted by Crippen LogP contribution is 2.32. The SMILES string of the molecule is COC(=O)c1ccc(CN2C(=O)NC3(CCCCCCC3)C2=O)o1. The van der Waals surface area contributed by atoms with E-state index in [1.807, 2.05) is 0 Å².